The second kappa shape index (κ2) is 23.4. The number of methoxy groups -OCH3 is 1. The van der Waals surface area contributed by atoms with E-state index in [1.807, 2.05) is 166 Å². The summed E-state index contributed by atoms with van der Waals surface area (Å²) in [7, 11) is 1.64. The maximum atomic E-state index is 12.9. The van der Waals surface area contributed by atoms with Crippen LogP contribution in [0.2, 0.25) is 0 Å². The number of amides is 2. The van der Waals surface area contributed by atoms with Crippen LogP contribution in [0.3, 0.4) is 0 Å². The molecule has 0 radical (unpaired) electrons. The molecule has 4 aromatic heterocycles. The van der Waals surface area contributed by atoms with Crippen LogP contribution in [-0.4, -0.2) is 38.9 Å². The van der Waals surface area contributed by atoms with Crippen molar-refractivity contribution >= 4 is 79.1 Å². The van der Waals surface area contributed by atoms with Gasteiger partial charge in [0.2, 0.25) is 0 Å². The third-order valence-corrected chi connectivity index (χ3v) is 10.8. The molecule has 0 unspecified atom stereocenters. The molecule has 0 saturated heterocycles. The van der Waals surface area contributed by atoms with Crippen molar-refractivity contribution in [3.05, 3.63) is 224 Å². The predicted molar refractivity (Wildman–Crippen MR) is 286 cm³/mol. The highest BCUT2D eigenvalue weighted by atomic mass is 16.5. The number of para-hydroxylation sites is 1. The minimum Gasteiger partial charge on any atom is -0.497 e. The van der Waals surface area contributed by atoms with Crippen molar-refractivity contribution < 1.29 is 19.1 Å². The summed E-state index contributed by atoms with van der Waals surface area (Å²) in [6.45, 7) is 6.01. The van der Waals surface area contributed by atoms with Crippen molar-refractivity contribution in [2.24, 2.45) is 0 Å². The first kappa shape index (κ1) is 47.9. The van der Waals surface area contributed by atoms with Gasteiger partial charge in [0.15, 0.2) is 0 Å². The number of carbonyl (C=O) groups excluding carboxylic acids is 2. The van der Waals surface area contributed by atoms with E-state index in [-0.39, 0.29) is 11.8 Å². The molecule has 71 heavy (non-hydrogen) atoms. The molecule has 0 aliphatic rings. The molecule has 13 nitrogen and oxygen atoms in total. The molecule has 4 heterocycles. The van der Waals surface area contributed by atoms with Crippen molar-refractivity contribution in [1.29, 1.82) is 0 Å². The molecular formula is C58H51N9O4. The van der Waals surface area contributed by atoms with E-state index in [0.29, 0.717) is 34.0 Å². The Morgan fingerprint density at radius 3 is 1.82 bits per heavy atom. The van der Waals surface area contributed by atoms with Crippen LogP contribution in [0.5, 0.6) is 17.2 Å². The van der Waals surface area contributed by atoms with Crippen molar-refractivity contribution in [3.8, 4) is 17.2 Å². The zero-order valence-electron chi connectivity index (χ0n) is 39.6. The highest BCUT2D eigenvalue weighted by Gasteiger charge is 2.12. The van der Waals surface area contributed by atoms with Crippen LogP contribution < -0.4 is 36.1 Å². The molecule has 0 saturated carbocycles. The van der Waals surface area contributed by atoms with E-state index < -0.39 is 0 Å². The first-order valence-electron chi connectivity index (χ1n) is 22.9. The molecule has 0 atom stereocenters. The largest absolute Gasteiger partial charge is 0.497 e. The smallest absolute Gasteiger partial charge is 0.255 e. The summed E-state index contributed by atoms with van der Waals surface area (Å²) >= 11 is 0. The predicted octanol–water partition coefficient (Wildman–Crippen LogP) is 14.1. The number of fused-ring (bicyclic) bond motifs is 2. The lowest BCUT2D eigenvalue weighted by molar-refractivity contribution is 0.101. The van der Waals surface area contributed by atoms with Gasteiger partial charge in [-0.1, -0.05) is 44.2 Å². The minimum atomic E-state index is -0.192. The molecule has 10 rings (SSSR count). The van der Waals surface area contributed by atoms with Gasteiger partial charge >= 0.3 is 0 Å². The van der Waals surface area contributed by atoms with E-state index in [4.69, 9.17) is 9.47 Å². The summed E-state index contributed by atoms with van der Waals surface area (Å²) < 4.78 is 11.1. The average Bonchev–Trinajstić information content (AvgIpc) is 3.42. The molecule has 13 heteroatoms. The summed E-state index contributed by atoms with van der Waals surface area (Å²) in [6.07, 6.45) is 10.4. The van der Waals surface area contributed by atoms with Crippen LogP contribution in [0.25, 0.3) is 21.8 Å². The van der Waals surface area contributed by atoms with Gasteiger partial charge in [0.1, 0.15) is 17.2 Å². The van der Waals surface area contributed by atoms with Gasteiger partial charge in [0, 0.05) is 98.9 Å². The van der Waals surface area contributed by atoms with E-state index in [0.717, 1.165) is 67.2 Å². The molecule has 10 aromatic rings. The third kappa shape index (κ3) is 12.7. The first-order valence-corrected chi connectivity index (χ1v) is 22.9. The number of nitrogens with zero attached hydrogens (tertiary/aromatic N) is 4. The molecule has 352 valence electrons. The van der Waals surface area contributed by atoms with Gasteiger partial charge in [0.05, 0.1) is 23.8 Å². The van der Waals surface area contributed by atoms with Gasteiger partial charge in [-0.15, -0.1) is 0 Å². The Morgan fingerprint density at radius 1 is 0.451 bits per heavy atom. The zero-order valence-corrected chi connectivity index (χ0v) is 39.6. The second-order valence-corrected chi connectivity index (χ2v) is 15.6. The lowest BCUT2D eigenvalue weighted by atomic mass is 10.1. The number of carbonyl (C=O) groups is 2. The fourth-order valence-electron chi connectivity index (χ4n) is 7.34. The number of benzene rings is 6. The van der Waals surface area contributed by atoms with E-state index >= 15 is 0 Å². The zero-order chi connectivity index (χ0) is 49.4. The van der Waals surface area contributed by atoms with Gasteiger partial charge in [-0.25, -0.2) is 0 Å². The van der Waals surface area contributed by atoms with Gasteiger partial charge in [0.25, 0.3) is 11.8 Å². The first-order chi connectivity index (χ1) is 34.8. The summed E-state index contributed by atoms with van der Waals surface area (Å²) in [6, 6.07) is 52.6. The summed E-state index contributed by atoms with van der Waals surface area (Å²) in [5.41, 5.74) is 10.7. The van der Waals surface area contributed by atoms with E-state index in [1.165, 1.54) is 0 Å². The monoisotopic (exact) mass is 937 g/mol. The lowest BCUT2D eigenvalue weighted by Crippen LogP contribution is -2.12. The number of pyridine rings is 4. The maximum Gasteiger partial charge on any atom is 0.255 e. The molecule has 0 bridgehead atoms. The van der Waals surface area contributed by atoms with Crippen LogP contribution in [0.1, 0.15) is 40.1 Å². The molecule has 5 N–H and O–H groups in total. The Kier molecular flexibility index (Phi) is 15.8. The number of hydrogen-bond donors (Lipinski definition) is 5. The molecule has 0 spiro atoms. The van der Waals surface area contributed by atoms with Gasteiger partial charge in [-0.2, -0.15) is 0 Å². The standard InChI is InChI=1S/C28H23N5O2.C28H22N4O2.C2H6/c1-35-24-9-10-26-25(18-24)27(13-16-30-26)32-22-3-2-4-23(17-22)33-28(34)19-5-7-20(8-6-19)31-21-11-14-29-15-12-21;1-19-18-30-26-8-3-2-7-25(26)27(19)31-22-6-4-5-20(17-22)28(33)32-21-9-11-23(12-10-21)34-24-13-15-29-16-14-24;1-2/h2-18H,1H3,(H,29,31)(H,30,32)(H,33,34);2-18H,1H3,(H,30,31)(H,32,33);1-2H3. The second-order valence-electron chi connectivity index (χ2n) is 15.6. The maximum absolute atomic E-state index is 12.9. The van der Waals surface area contributed by atoms with E-state index in [1.54, 1.807) is 68.4 Å². The Bertz CT molecular complexity index is 3380. The number of aromatic nitrogens is 4. The van der Waals surface area contributed by atoms with Crippen LogP contribution >= 0.6 is 0 Å². The van der Waals surface area contributed by atoms with Gasteiger partial charge < -0.3 is 36.1 Å². The van der Waals surface area contributed by atoms with Crippen LogP contribution in [0.4, 0.5) is 45.5 Å². The van der Waals surface area contributed by atoms with Crippen molar-refractivity contribution in [3.63, 3.8) is 0 Å². The summed E-state index contributed by atoms with van der Waals surface area (Å²) in [4.78, 5) is 42.6. The number of nitrogens with one attached hydrogen (secondary N) is 5. The Morgan fingerprint density at radius 2 is 1.06 bits per heavy atom. The van der Waals surface area contributed by atoms with E-state index in [2.05, 4.69) is 46.5 Å². The molecular weight excluding hydrogens is 887 g/mol. The normalized spacial score (nSPS) is 10.4. The highest BCUT2D eigenvalue weighted by Crippen LogP contribution is 2.31. The molecule has 0 aliphatic heterocycles. The summed E-state index contributed by atoms with van der Waals surface area (Å²) in [5.74, 6) is 1.76. The number of hydrogen-bond acceptors (Lipinski definition) is 11. The minimum absolute atomic E-state index is 0.184. The number of ether oxygens (including phenoxy) is 2. The van der Waals surface area contributed by atoms with Gasteiger partial charge in [-0.3, -0.25) is 29.5 Å². The summed E-state index contributed by atoms with van der Waals surface area (Å²) in [5, 5.41) is 18.1. The fourth-order valence-corrected chi connectivity index (χ4v) is 7.34. The van der Waals surface area contributed by atoms with Crippen molar-refractivity contribution in [1.82, 2.24) is 19.9 Å². The number of rotatable bonds is 13. The lowest BCUT2D eigenvalue weighted by Gasteiger charge is -2.13. The Balaban J connectivity index is 0.000000184. The molecule has 0 aliphatic carbocycles. The molecule has 2 amide bonds. The van der Waals surface area contributed by atoms with Crippen LogP contribution in [-0.2, 0) is 0 Å². The van der Waals surface area contributed by atoms with Gasteiger partial charge in [-0.05, 0) is 152 Å². The van der Waals surface area contributed by atoms with Crippen molar-refractivity contribution in [2.75, 3.05) is 33.7 Å². The van der Waals surface area contributed by atoms with E-state index in [9.17, 15) is 9.59 Å². The SMILES string of the molecule is CC.COc1ccc2nccc(Nc3cccc(NC(=O)c4ccc(Nc5ccncc5)cc4)c3)c2c1.Cc1cnc2ccccc2c1Nc1cccc(C(=O)Nc2ccc(Oc3ccncc3)cc2)c1. The number of anilines is 8. The third-order valence-electron chi connectivity index (χ3n) is 10.8. The number of aryl methyl sites for hydroxylation is 1. The van der Waals surface area contributed by atoms with Crippen LogP contribution in [0, 0.1) is 6.92 Å². The molecule has 0 fully saturated rings. The van der Waals surface area contributed by atoms with Crippen molar-refractivity contribution in [2.45, 2.75) is 20.8 Å². The average molecular weight is 938 g/mol. The Labute approximate surface area is 412 Å². The highest BCUT2D eigenvalue weighted by molar-refractivity contribution is 6.06. The molecule has 6 aromatic carbocycles. The topological polar surface area (TPSA) is 164 Å². The van der Waals surface area contributed by atoms with Crippen LogP contribution in [0.15, 0.2) is 207 Å². The Hall–Kier alpha value is -9.62. The fraction of sp³-hybridized carbons (Fsp3) is 0.0690. The quantitative estimate of drug-likeness (QED) is 0.0747.